The Morgan fingerprint density at radius 3 is 2.82 bits per heavy atom. The highest BCUT2D eigenvalue weighted by Crippen LogP contribution is 2.25. The number of halogens is 1. The molecule has 7 heteroatoms. The molecule has 2 N–H and O–H groups in total. The molecule has 1 atom stereocenters. The largest absolute Gasteiger partial charge is 0.480 e. The van der Waals surface area contributed by atoms with Gasteiger partial charge in [-0.15, -0.1) is 0 Å². The second kappa shape index (κ2) is 5.60. The third-order valence-corrected chi connectivity index (χ3v) is 2.60. The van der Waals surface area contributed by atoms with Gasteiger partial charge in [-0.25, -0.2) is 0 Å². The van der Waals surface area contributed by atoms with E-state index in [0.717, 1.165) is 0 Å². The molecule has 0 aliphatic heterocycles. The number of hydrogen-bond acceptors (Lipinski definition) is 4. The lowest BCUT2D eigenvalue weighted by molar-refractivity contribution is -0.385. The molecule has 0 saturated heterocycles. The fourth-order valence-electron chi connectivity index (χ4n) is 1.24. The minimum absolute atomic E-state index is 0.0312. The van der Waals surface area contributed by atoms with Gasteiger partial charge in [0.2, 0.25) is 0 Å². The monoisotopic (exact) mass is 258 g/mol. The van der Waals surface area contributed by atoms with E-state index in [1.807, 2.05) is 0 Å². The normalized spacial score (nSPS) is 12.1. The molecule has 0 unspecified atom stereocenters. The van der Waals surface area contributed by atoms with Crippen molar-refractivity contribution in [2.45, 2.75) is 19.5 Å². The maximum Gasteiger partial charge on any atom is 0.320 e. The Kier molecular flexibility index (Phi) is 4.42. The number of nitrogens with zero attached hydrogens (tertiary/aromatic N) is 1. The molecule has 0 fully saturated rings. The van der Waals surface area contributed by atoms with Gasteiger partial charge in [0.05, 0.1) is 15.5 Å². The van der Waals surface area contributed by atoms with Crippen LogP contribution in [0.2, 0.25) is 5.02 Å². The minimum atomic E-state index is -1.03. The maximum atomic E-state index is 10.8. The Labute approximate surface area is 102 Å². The van der Waals surface area contributed by atoms with Gasteiger partial charge in [0.25, 0.3) is 5.69 Å². The number of carbonyl (C=O) groups is 1. The van der Waals surface area contributed by atoms with Crippen molar-refractivity contribution in [2.75, 3.05) is 0 Å². The summed E-state index contributed by atoms with van der Waals surface area (Å²) in [5, 5.41) is 22.3. The Morgan fingerprint density at radius 2 is 2.29 bits per heavy atom. The zero-order valence-electron chi connectivity index (χ0n) is 9.01. The summed E-state index contributed by atoms with van der Waals surface area (Å²) < 4.78 is 0. The first-order valence-corrected chi connectivity index (χ1v) is 5.19. The zero-order chi connectivity index (χ0) is 13.0. The molecule has 0 amide bonds. The van der Waals surface area contributed by atoms with Crippen molar-refractivity contribution in [1.82, 2.24) is 5.32 Å². The van der Waals surface area contributed by atoms with Crippen molar-refractivity contribution in [2.24, 2.45) is 0 Å². The molecule has 1 aromatic rings. The Balaban J connectivity index is 2.90. The molecule has 0 bridgehead atoms. The molecule has 92 valence electrons. The van der Waals surface area contributed by atoms with Gasteiger partial charge in [0.1, 0.15) is 6.04 Å². The molecule has 0 aliphatic rings. The van der Waals surface area contributed by atoms with E-state index in [-0.39, 0.29) is 22.8 Å². The number of nitrogens with one attached hydrogen (secondary N) is 1. The number of nitro benzene ring substituents is 1. The van der Waals surface area contributed by atoms with Crippen LogP contribution in [0.4, 0.5) is 5.69 Å². The topological polar surface area (TPSA) is 92.5 Å². The molecular formula is C10H11ClN2O4. The molecule has 1 rings (SSSR count). The second-order valence-corrected chi connectivity index (χ2v) is 3.84. The van der Waals surface area contributed by atoms with Crippen LogP contribution < -0.4 is 5.32 Å². The lowest BCUT2D eigenvalue weighted by Crippen LogP contribution is -2.33. The van der Waals surface area contributed by atoms with E-state index in [1.165, 1.54) is 25.1 Å². The highest BCUT2D eigenvalue weighted by Gasteiger charge is 2.18. The smallest absolute Gasteiger partial charge is 0.320 e. The van der Waals surface area contributed by atoms with Gasteiger partial charge < -0.3 is 10.4 Å². The van der Waals surface area contributed by atoms with Crippen LogP contribution >= 0.6 is 11.6 Å². The number of carboxylic acids is 1. The van der Waals surface area contributed by atoms with Crippen LogP contribution in [0.25, 0.3) is 0 Å². The van der Waals surface area contributed by atoms with E-state index in [4.69, 9.17) is 16.7 Å². The Morgan fingerprint density at radius 1 is 1.65 bits per heavy atom. The predicted octanol–water partition coefficient (Wildman–Crippen LogP) is 1.81. The summed E-state index contributed by atoms with van der Waals surface area (Å²) in [6, 6.07) is 3.53. The molecule has 0 heterocycles. The molecule has 0 aliphatic carbocycles. The Hall–Kier alpha value is -1.66. The van der Waals surface area contributed by atoms with Crippen molar-refractivity contribution >= 4 is 23.3 Å². The number of rotatable bonds is 5. The maximum absolute atomic E-state index is 10.8. The van der Waals surface area contributed by atoms with Crippen LogP contribution in [-0.4, -0.2) is 22.0 Å². The number of nitro groups is 1. The second-order valence-electron chi connectivity index (χ2n) is 3.44. The zero-order valence-corrected chi connectivity index (χ0v) is 9.77. The van der Waals surface area contributed by atoms with Crippen LogP contribution in [0.15, 0.2) is 18.2 Å². The third-order valence-electron chi connectivity index (χ3n) is 2.25. The molecule has 17 heavy (non-hydrogen) atoms. The average molecular weight is 259 g/mol. The lowest BCUT2D eigenvalue weighted by Gasteiger charge is -2.10. The summed E-state index contributed by atoms with van der Waals surface area (Å²) in [5.74, 6) is -1.03. The predicted molar refractivity (Wildman–Crippen MR) is 62.0 cm³/mol. The van der Waals surface area contributed by atoms with Gasteiger partial charge in [-0.05, 0) is 13.0 Å². The van der Waals surface area contributed by atoms with Gasteiger partial charge in [-0.3, -0.25) is 14.9 Å². The van der Waals surface area contributed by atoms with E-state index in [2.05, 4.69) is 5.32 Å². The standard InChI is InChI=1S/C10H11ClN2O4/c1-6(10(14)15)12-5-7-8(11)3-2-4-9(7)13(16)17/h2-4,6,12H,5H2,1H3,(H,14,15)/t6-/m0/s1. The van der Waals surface area contributed by atoms with Crippen LogP contribution in [0, 0.1) is 10.1 Å². The highest BCUT2D eigenvalue weighted by atomic mass is 35.5. The van der Waals surface area contributed by atoms with Crippen molar-refractivity contribution < 1.29 is 14.8 Å². The van der Waals surface area contributed by atoms with Crippen LogP contribution in [0.3, 0.4) is 0 Å². The van der Waals surface area contributed by atoms with Crippen LogP contribution in [0.5, 0.6) is 0 Å². The number of aliphatic carboxylic acids is 1. The SMILES string of the molecule is C[C@H](NCc1c(Cl)cccc1[N+](=O)[O-])C(=O)O. The molecule has 0 aromatic heterocycles. The average Bonchev–Trinajstić information content (AvgIpc) is 2.26. The highest BCUT2D eigenvalue weighted by molar-refractivity contribution is 6.31. The van der Waals surface area contributed by atoms with E-state index < -0.39 is 16.9 Å². The molecule has 0 radical (unpaired) electrons. The number of hydrogen-bond donors (Lipinski definition) is 2. The summed E-state index contributed by atoms with van der Waals surface area (Å²) in [4.78, 5) is 20.8. The van der Waals surface area contributed by atoms with Crippen LogP contribution in [-0.2, 0) is 11.3 Å². The Bertz CT molecular complexity index is 450. The van der Waals surface area contributed by atoms with Crippen molar-refractivity contribution in [1.29, 1.82) is 0 Å². The van der Waals surface area contributed by atoms with Gasteiger partial charge in [0.15, 0.2) is 0 Å². The first kappa shape index (κ1) is 13.4. The fraction of sp³-hybridized carbons (Fsp3) is 0.300. The van der Waals surface area contributed by atoms with Gasteiger partial charge in [-0.2, -0.15) is 0 Å². The van der Waals surface area contributed by atoms with E-state index >= 15 is 0 Å². The lowest BCUT2D eigenvalue weighted by atomic mass is 10.1. The molecule has 0 spiro atoms. The first-order chi connectivity index (χ1) is 7.93. The summed E-state index contributed by atoms with van der Waals surface area (Å²) in [6.07, 6.45) is 0. The van der Waals surface area contributed by atoms with E-state index in [0.29, 0.717) is 0 Å². The number of benzene rings is 1. The minimum Gasteiger partial charge on any atom is -0.480 e. The number of carboxylic acid groups (broad SMARTS) is 1. The molecule has 0 saturated carbocycles. The quantitative estimate of drug-likeness (QED) is 0.621. The van der Waals surface area contributed by atoms with Crippen LogP contribution in [0.1, 0.15) is 12.5 Å². The van der Waals surface area contributed by atoms with Crippen molar-refractivity contribution in [3.05, 3.63) is 38.9 Å². The summed E-state index contributed by atoms with van der Waals surface area (Å²) >= 11 is 5.84. The molecule has 1 aromatic carbocycles. The third kappa shape index (κ3) is 3.40. The molecular weight excluding hydrogens is 248 g/mol. The van der Waals surface area contributed by atoms with E-state index in [1.54, 1.807) is 0 Å². The van der Waals surface area contributed by atoms with E-state index in [9.17, 15) is 14.9 Å². The molecule has 6 nitrogen and oxygen atoms in total. The van der Waals surface area contributed by atoms with Crippen molar-refractivity contribution in [3.63, 3.8) is 0 Å². The van der Waals surface area contributed by atoms with Gasteiger partial charge in [0, 0.05) is 12.6 Å². The van der Waals surface area contributed by atoms with Gasteiger partial charge >= 0.3 is 5.97 Å². The first-order valence-electron chi connectivity index (χ1n) is 4.81. The summed E-state index contributed by atoms with van der Waals surface area (Å²) in [5.41, 5.74) is 0.162. The summed E-state index contributed by atoms with van der Waals surface area (Å²) in [6.45, 7) is 1.48. The fourth-order valence-corrected chi connectivity index (χ4v) is 1.47. The van der Waals surface area contributed by atoms with Gasteiger partial charge in [-0.1, -0.05) is 17.7 Å². The summed E-state index contributed by atoms with van der Waals surface area (Å²) in [7, 11) is 0. The van der Waals surface area contributed by atoms with Crippen molar-refractivity contribution in [3.8, 4) is 0 Å².